The van der Waals surface area contributed by atoms with Gasteiger partial charge in [0.2, 0.25) is 0 Å². The Morgan fingerprint density at radius 1 is 1.15 bits per heavy atom. The minimum Gasteiger partial charge on any atom is -0.434 e. The molecule has 0 radical (unpaired) electrons. The Bertz CT molecular complexity index is 742. The smallest absolute Gasteiger partial charge is 0.387 e. The molecule has 27 heavy (non-hydrogen) atoms. The number of nitrogens with zero attached hydrogens (tertiary/aromatic N) is 1. The topological polar surface area (TPSA) is 65.9 Å². The molecule has 1 unspecified atom stereocenters. The lowest BCUT2D eigenvalue weighted by Gasteiger charge is -2.16. The second kappa shape index (κ2) is 10.7. The molecule has 2 aromatic carbocycles. The van der Waals surface area contributed by atoms with E-state index in [1.807, 2.05) is 6.92 Å². The van der Waals surface area contributed by atoms with Gasteiger partial charge in [-0.3, -0.25) is 0 Å². The van der Waals surface area contributed by atoms with Gasteiger partial charge in [-0.2, -0.15) is 8.78 Å². The Morgan fingerprint density at radius 3 is 2.52 bits per heavy atom. The molecule has 146 valence electrons. The van der Waals surface area contributed by atoms with Gasteiger partial charge in [0.15, 0.2) is 5.96 Å². The van der Waals surface area contributed by atoms with Crippen LogP contribution < -0.4 is 15.4 Å². The number of aliphatic hydroxyl groups excluding tert-OH is 1. The lowest BCUT2D eigenvalue weighted by Crippen LogP contribution is -2.39. The number of nitrogens with one attached hydrogen (secondary N) is 2. The summed E-state index contributed by atoms with van der Waals surface area (Å²) in [6.07, 6.45) is -0.749. The van der Waals surface area contributed by atoms with Gasteiger partial charge in [-0.1, -0.05) is 41.9 Å². The molecule has 0 aliphatic heterocycles. The number of hydrogen-bond donors (Lipinski definition) is 3. The molecule has 2 rings (SSSR count). The Labute approximate surface area is 162 Å². The van der Waals surface area contributed by atoms with Crippen molar-refractivity contribution < 1.29 is 18.6 Å². The third-order valence-electron chi connectivity index (χ3n) is 3.66. The average Bonchev–Trinajstić information content (AvgIpc) is 2.65. The van der Waals surface area contributed by atoms with Crippen LogP contribution in [-0.4, -0.2) is 30.8 Å². The minimum atomic E-state index is -2.89. The van der Waals surface area contributed by atoms with Crippen LogP contribution >= 0.6 is 11.6 Å². The van der Waals surface area contributed by atoms with E-state index in [9.17, 15) is 13.9 Å². The van der Waals surface area contributed by atoms with E-state index in [1.54, 1.807) is 42.5 Å². The molecule has 3 N–H and O–H groups in total. The van der Waals surface area contributed by atoms with E-state index in [0.29, 0.717) is 23.1 Å². The van der Waals surface area contributed by atoms with Crippen LogP contribution in [0.25, 0.3) is 0 Å². The zero-order valence-electron chi connectivity index (χ0n) is 14.8. The van der Waals surface area contributed by atoms with Crippen LogP contribution in [0.3, 0.4) is 0 Å². The lowest BCUT2D eigenvalue weighted by atomic mass is 10.1. The fourth-order valence-corrected chi connectivity index (χ4v) is 2.47. The molecule has 0 aromatic heterocycles. The Morgan fingerprint density at radius 2 is 1.85 bits per heavy atom. The van der Waals surface area contributed by atoms with Crippen molar-refractivity contribution in [3.8, 4) is 5.75 Å². The summed E-state index contributed by atoms with van der Waals surface area (Å²) >= 11 is 5.85. The first kappa shape index (κ1) is 20.9. The zero-order chi connectivity index (χ0) is 19.6. The maximum atomic E-state index is 12.5. The number of hydrogen-bond acceptors (Lipinski definition) is 3. The van der Waals surface area contributed by atoms with Crippen LogP contribution in [0.1, 0.15) is 24.2 Å². The van der Waals surface area contributed by atoms with E-state index in [2.05, 4.69) is 20.4 Å². The van der Waals surface area contributed by atoms with E-state index < -0.39 is 12.7 Å². The number of para-hydroxylation sites is 1. The molecule has 2 aromatic rings. The van der Waals surface area contributed by atoms with E-state index >= 15 is 0 Å². The van der Waals surface area contributed by atoms with Gasteiger partial charge in [-0.25, -0.2) is 4.99 Å². The second-order valence-corrected chi connectivity index (χ2v) is 6.07. The Hall–Kier alpha value is -2.38. The predicted molar refractivity (Wildman–Crippen MR) is 102 cm³/mol. The average molecular weight is 398 g/mol. The third-order valence-corrected chi connectivity index (χ3v) is 3.91. The number of rotatable bonds is 8. The quantitative estimate of drug-likeness (QED) is 0.469. The van der Waals surface area contributed by atoms with Crippen molar-refractivity contribution in [3.63, 3.8) is 0 Å². The lowest BCUT2D eigenvalue weighted by molar-refractivity contribution is -0.0504. The molecular formula is C19H22ClF2N3O2. The molecule has 0 heterocycles. The summed E-state index contributed by atoms with van der Waals surface area (Å²) in [5.41, 5.74) is 1.26. The van der Waals surface area contributed by atoms with Crippen LogP contribution in [0.2, 0.25) is 5.02 Å². The first-order valence-corrected chi connectivity index (χ1v) is 8.85. The third kappa shape index (κ3) is 7.03. The van der Waals surface area contributed by atoms with Gasteiger partial charge in [0.05, 0.1) is 12.6 Å². The van der Waals surface area contributed by atoms with E-state index in [0.717, 1.165) is 5.56 Å². The number of aliphatic hydroxyl groups is 1. The maximum absolute atomic E-state index is 12.5. The van der Waals surface area contributed by atoms with Gasteiger partial charge in [0.1, 0.15) is 5.75 Å². The Kier molecular flexibility index (Phi) is 8.29. The number of guanidine groups is 1. The summed E-state index contributed by atoms with van der Waals surface area (Å²) < 4.78 is 29.5. The highest BCUT2D eigenvalue weighted by Crippen LogP contribution is 2.21. The molecule has 0 amide bonds. The standard InChI is InChI=1S/C19H22ClF2N3O2/c1-2-23-19(25-12-16(26)13-7-9-15(20)10-8-13)24-11-14-5-3-4-6-17(14)27-18(21)22/h3-10,16,18,26H,2,11-12H2,1H3,(H2,23,24,25). The molecule has 0 fully saturated rings. The van der Waals surface area contributed by atoms with Crippen molar-refractivity contribution in [1.82, 2.24) is 10.6 Å². The van der Waals surface area contributed by atoms with E-state index in [-0.39, 0.29) is 18.8 Å². The summed E-state index contributed by atoms with van der Waals surface area (Å²) in [4.78, 5) is 4.37. The number of alkyl halides is 2. The highest BCUT2D eigenvalue weighted by atomic mass is 35.5. The first-order valence-electron chi connectivity index (χ1n) is 8.48. The number of halogens is 3. The highest BCUT2D eigenvalue weighted by Gasteiger charge is 2.10. The van der Waals surface area contributed by atoms with Crippen molar-refractivity contribution in [1.29, 1.82) is 0 Å². The Balaban J connectivity index is 2.01. The molecule has 0 saturated heterocycles. The van der Waals surface area contributed by atoms with Gasteiger partial charge < -0.3 is 20.5 Å². The molecule has 1 atom stereocenters. The van der Waals surface area contributed by atoms with Crippen LogP contribution in [0, 0.1) is 0 Å². The largest absolute Gasteiger partial charge is 0.434 e. The SMILES string of the molecule is CCNC(=NCc1ccccc1OC(F)F)NCC(O)c1ccc(Cl)cc1. The van der Waals surface area contributed by atoms with Gasteiger partial charge in [-0.15, -0.1) is 0 Å². The van der Waals surface area contributed by atoms with Crippen LogP contribution in [0.15, 0.2) is 53.5 Å². The van der Waals surface area contributed by atoms with Crippen molar-refractivity contribution in [3.05, 3.63) is 64.7 Å². The van der Waals surface area contributed by atoms with Gasteiger partial charge in [0, 0.05) is 23.7 Å². The summed E-state index contributed by atoms with van der Waals surface area (Å²) in [5, 5.41) is 16.9. The number of aliphatic imine (C=N–C) groups is 1. The summed E-state index contributed by atoms with van der Waals surface area (Å²) in [7, 11) is 0. The minimum absolute atomic E-state index is 0.0910. The molecule has 0 bridgehead atoms. The molecule has 0 saturated carbocycles. The fourth-order valence-electron chi connectivity index (χ4n) is 2.35. The second-order valence-electron chi connectivity index (χ2n) is 5.63. The van der Waals surface area contributed by atoms with Crippen LogP contribution in [0.5, 0.6) is 5.75 Å². The van der Waals surface area contributed by atoms with Crippen LogP contribution in [0.4, 0.5) is 8.78 Å². The highest BCUT2D eigenvalue weighted by molar-refractivity contribution is 6.30. The molecule has 0 aliphatic carbocycles. The van der Waals surface area contributed by atoms with Crippen molar-refractivity contribution in [2.24, 2.45) is 4.99 Å². The van der Waals surface area contributed by atoms with Crippen molar-refractivity contribution >= 4 is 17.6 Å². The molecule has 0 aliphatic rings. The van der Waals surface area contributed by atoms with Gasteiger partial charge in [0.25, 0.3) is 0 Å². The number of benzene rings is 2. The molecule has 8 heteroatoms. The summed E-state index contributed by atoms with van der Waals surface area (Å²) in [6, 6.07) is 13.4. The molecular weight excluding hydrogens is 376 g/mol. The van der Waals surface area contributed by atoms with Crippen molar-refractivity contribution in [2.45, 2.75) is 26.2 Å². The summed E-state index contributed by atoms with van der Waals surface area (Å²) in [5.74, 6) is 0.547. The van der Waals surface area contributed by atoms with Gasteiger partial charge in [-0.05, 0) is 30.7 Å². The van der Waals surface area contributed by atoms with Crippen LogP contribution in [-0.2, 0) is 6.54 Å². The zero-order valence-corrected chi connectivity index (χ0v) is 15.6. The molecule has 5 nitrogen and oxygen atoms in total. The van der Waals surface area contributed by atoms with E-state index in [1.165, 1.54) is 6.07 Å². The first-order chi connectivity index (χ1) is 13.0. The van der Waals surface area contributed by atoms with E-state index in [4.69, 9.17) is 11.6 Å². The fraction of sp³-hybridized carbons (Fsp3) is 0.316. The monoisotopic (exact) mass is 397 g/mol. The molecule has 0 spiro atoms. The normalized spacial score (nSPS) is 12.7. The number of ether oxygens (including phenoxy) is 1. The predicted octanol–water partition coefficient (Wildman–Crippen LogP) is 3.73. The van der Waals surface area contributed by atoms with Gasteiger partial charge >= 0.3 is 6.61 Å². The van der Waals surface area contributed by atoms with Crippen molar-refractivity contribution in [2.75, 3.05) is 13.1 Å². The summed E-state index contributed by atoms with van der Waals surface area (Å²) in [6.45, 7) is -0.00702. The maximum Gasteiger partial charge on any atom is 0.387 e.